The smallest absolute Gasteiger partial charge is 0.258 e. The van der Waals surface area contributed by atoms with E-state index in [1.807, 2.05) is 0 Å². The lowest BCUT2D eigenvalue weighted by Gasteiger charge is -1.88. The Balaban J connectivity index is 3.07. The monoisotopic (exact) mass is 156 g/mol. The first-order valence-electron chi connectivity index (χ1n) is 2.52. The van der Waals surface area contributed by atoms with E-state index >= 15 is 0 Å². The van der Waals surface area contributed by atoms with E-state index in [0.717, 1.165) is 0 Å². The van der Waals surface area contributed by atoms with Gasteiger partial charge in [-0.2, -0.15) is 0 Å². The normalized spacial score (nSPS) is 9.30. The van der Waals surface area contributed by atoms with Crippen molar-refractivity contribution >= 4 is 17.3 Å². The van der Waals surface area contributed by atoms with E-state index in [0.29, 0.717) is 5.02 Å². The van der Waals surface area contributed by atoms with Gasteiger partial charge in [0.2, 0.25) is 0 Å². The molecule has 0 amide bonds. The number of hydrogen-bond donors (Lipinski definition) is 0. The van der Waals surface area contributed by atoms with Gasteiger partial charge in [-0.05, 0) is 12.1 Å². The van der Waals surface area contributed by atoms with Gasteiger partial charge >= 0.3 is 0 Å². The molecule has 51 valence electrons. The van der Waals surface area contributed by atoms with Gasteiger partial charge in [-0.3, -0.25) is 10.1 Å². The maximum atomic E-state index is 10.1. The van der Waals surface area contributed by atoms with Gasteiger partial charge < -0.3 is 0 Å². The van der Waals surface area contributed by atoms with E-state index in [9.17, 15) is 10.1 Å². The van der Waals surface area contributed by atoms with Gasteiger partial charge in [-0.25, -0.2) is 0 Å². The number of nitro groups is 1. The van der Waals surface area contributed by atoms with E-state index < -0.39 is 4.92 Å². The minimum atomic E-state index is -0.536. The van der Waals surface area contributed by atoms with Crippen LogP contribution in [0.4, 0.5) is 5.69 Å². The predicted molar refractivity (Wildman–Crippen MR) is 36.9 cm³/mol. The Labute approximate surface area is 62.4 Å². The summed E-state index contributed by atoms with van der Waals surface area (Å²) in [5.41, 5.74) is -0.104. The second-order valence-electron chi connectivity index (χ2n) is 1.65. The first-order valence-corrected chi connectivity index (χ1v) is 2.89. The largest absolute Gasteiger partial charge is 0.278 e. The summed E-state index contributed by atoms with van der Waals surface area (Å²) in [6.45, 7) is 0. The van der Waals surface area contributed by atoms with Crippen LogP contribution in [0.3, 0.4) is 0 Å². The fourth-order valence-electron chi connectivity index (χ4n) is 0.532. The second-order valence-corrected chi connectivity index (χ2v) is 2.09. The van der Waals surface area contributed by atoms with Crippen LogP contribution < -0.4 is 0 Å². The van der Waals surface area contributed by atoms with Crippen molar-refractivity contribution in [3.8, 4) is 0 Å². The Kier molecular flexibility index (Phi) is 1.87. The third-order valence-electron chi connectivity index (χ3n) is 0.945. The molecule has 0 bridgehead atoms. The lowest BCUT2D eigenvalue weighted by molar-refractivity contribution is -0.385. The quantitative estimate of drug-likeness (QED) is 0.461. The fraction of sp³-hybridized carbons (Fsp3) is 0. The molecule has 1 radical (unpaired) electrons. The summed E-state index contributed by atoms with van der Waals surface area (Å²) in [6.07, 6.45) is 0. The molecule has 3 nitrogen and oxygen atoms in total. The Hall–Kier alpha value is -1.09. The predicted octanol–water partition coefficient (Wildman–Crippen LogP) is 2.05. The second kappa shape index (κ2) is 2.66. The van der Waals surface area contributed by atoms with Crippen molar-refractivity contribution < 1.29 is 4.92 Å². The molecule has 0 heterocycles. The minimum absolute atomic E-state index is 0.104. The van der Waals surface area contributed by atoms with Gasteiger partial charge in [-0.15, -0.1) is 0 Å². The molecule has 0 aliphatic rings. The van der Waals surface area contributed by atoms with Crippen LogP contribution >= 0.6 is 11.6 Å². The van der Waals surface area contributed by atoms with Gasteiger partial charge in [0.15, 0.2) is 0 Å². The maximum Gasteiger partial charge on any atom is 0.278 e. The number of halogens is 1. The molecule has 1 aromatic carbocycles. The molecule has 0 saturated heterocycles. The van der Waals surface area contributed by atoms with E-state index in [1.165, 1.54) is 18.2 Å². The lowest BCUT2D eigenvalue weighted by Crippen LogP contribution is -1.86. The first kappa shape index (κ1) is 7.02. The average molecular weight is 157 g/mol. The lowest BCUT2D eigenvalue weighted by atomic mass is 10.3. The molecule has 10 heavy (non-hydrogen) atoms. The SMILES string of the molecule is O=[N+]([O-])c1[c]ccc(Cl)c1. The molecule has 4 heteroatoms. The molecule has 1 aromatic rings. The number of nitrogens with zero attached hydrogens (tertiary/aromatic N) is 1. The minimum Gasteiger partial charge on any atom is -0.258 e. The number of benzene rings is 1. The van der Waals surface area contributed by atoms with Crippen molar-refractivity contribution in [1.82, 2.24) is 0 Å². The molecule has 0 unspecified atom stereocenters. The van der Waals surface area contributed by atoms with Crippen molar-refractivity contribution in [2.24, 2.45) is 0 Å². The topological polar surface area (TPSA) is 43.1 Å². The summed E-state index contributed by atoms with van der Waals surface area (Å²) < 4.78 is 0. The fourth-order valence-corrected chi connectivity index (χ4v) is 0.699. The highest BCUT2D eigenvalue weighted by Gasteiger charge is 2.03. The zero-order chi connectivity index (χ0) is 7.56. The highest BCUT2D eigenvalue weighted by molar-refractivity contribution is 6.30. The van der Waals surface area contributed by atoms with E-state index in [1.54, 1.807) is 0 Å². The summed E-state index contributed by atoms with van der Waals surface area (Å²) in [6, 6.07) is 6.63. The van der Waals surface area contributed by atoms with Crippen LogP contribution in [-0.2, 0) is 0 Å². The third-order valence-corrected chi connectivity index (χ3v) is 1.18. The first-order chi connectivity index (χ1) is 4.70. The molecule has 0 aliphatic carbocycles. The summed E-state index contributed by atoms with van der Waals surface area (Å²) in [7, 11) is 0. The zero-order valence-corrected chi connectivity index (χ0v) is 5.63. The van der Waals surface area contributed by atoms with Crippen molar-refractivity contribution in [2.45, 2.75) is 0 Å². The summed E-state index contributed by atoms with van der Waals surface area (Å²) in [5.74, 6) is 0. The summed E-state index contributed by atoms with van der Waals surface area (Å²) in [5, 5.41) is 10.4. The van der Waals surface area contributed by atoms with Crippen molar-refractivity contribution in [3.63, 3.8) is 0 Å². The molecule has 0 aliphatic heterocycles. The third kappa shape index (κ3) is 1.45. The van der Waals surface area contributed by atoms with Crippen LogP contribution in [0.2, 0.25) is 5.02 Å². The molecule has 0 aromatic heterocycles. The summed E-state index contributed by atoms with van der Waals surface area (Å²) in [4.78, 5) is 9.53. The van der Waals surface area contributed by atoms with Crippen LogP contribution in [0.25, 0.3) is 0 Å². The molecule has 0 atom stereocenters. The van der Waals surface area contributed by atoms with Crippen LogP contribution in [0.5, 0.6) is 0 Å². The molecule has 0 N–H and O–H groups in total. The zero-order valence-electron chi connectivity index (χ0n) is 4.87. The van der Waals surface area contributed by atoms with Crippen molar-refractivity contribution in [2.75, 3.05) is 0 Å². The highest BCUT2D eigenvalue weighted by Crippen LogP contribution is 2.15. The Bertz CT molecular complexity index is 262. The highest BCUT2D eigenvalue weighted by atomic mass is 35.5. The van der Waals surface area contributed by atoms with Crippen molar-refractivity contribution in [3.05, 3.63) is 39.4 Å². The van der Waals surface area contributed by atoms with Gasteiger partial charge in [0.25, 0.3) is 5.69 Å². The van der Waals surface area contributed by atoms with E-state index in [2.05, 4.69) is 6.07 Å². The number of hydrogen-bond acceptors (Lipinski definition) is 2. The van der Waals surface area contributed by atoms with Crippen LogP contribution in [0, 0.1) is 16.2 Å². The molecule has 0 spiro atoms. The maximum absolute atomic E-state index is 10.1. The van der Waals surface area contributed by atoms with E-state index in [-0.39, 0.29) is 5.69 Å². The Morgan fingerprint density at radius 2 is 2.40 bits per heavy atom. The van der Waals surface area contributed by atoms with Crippen LogP contribution in [0.15, 0.2) is 18.2 Å². The van der Waals surface area contributed by atoms with Gasteiger partial charge in [-0.1, -0.05) is 11.6 Å². The number of non-ortho nitro benzene ring substituents is 1. The number of rotatable bonds is 1. The molecular weight excluding hydrogens is 154 g/mol. The molecule has 0 fully saturated rings. The van der Waals surface area contributed by atoms with E-state index in [4.69, 9.17) is 11.6 Å². The average Bonchev–Trinajstić information content (AvgIpc) is 1.88. The van der Waals surface area contributed by atoms with Gasteiger partial charge in [0.1, 0.15) is 0 Å². The Morgan fingerprint density at radius 3 is 2.80 bits per heavy atom. The van der Waals surface area contributed by atoms with Gasteiger partial charge in [0.05, 0.1) is 11.0 Å². The summed E-state index contributed by atoms with van der Waals surface area (Å²) >= 11 is 5.46. The number of nitro benzene ring substituents is 1. The molecule has 1 rings (SSSR count). The standard InChI is InChI=1S/C6H3ClNO2/c7-5-2-1-3-6(4-5)8(9)10/h1-2,4H. The van der Waals surface area contributed by atoms with Gasteiger partial charge in [0, 0.05) is 11.1 Å². The van der Waals surface area contributed by atoms with Crippen molar-refractivity contribution in [1.29, 1.82) is 0 Å². The van der Waals surface area contributed by atoms with Crippen LogP contribution in [-0.4, -0.2) is 4.92 Å². The molecule has 0 saturated carbocycles. The Morgan fingerprint density at radius 1 is 1.70 bits per heavy atom. The molecular formula is C6H3ClNO2. The van der Waals surface area contributed by atoms with Crippen LogP contribution in [0.1, 0.15) is 0 Å².